The summed E-state index contributed by atoms with van der Waals surface area (Å²) in [5, 5.41) is 0. The largest absolute Gasteiger partial charge is 0.245 e. The molecule has 1 heterocycles. The van der Waals surface area contributed by atoms with Gasteiger partial charge < -0.3 is 0 Å². The first kappa shape index (κ1) is 8.78. The average molecular weight is 207 g/mol. The van der Waals surface area contributed by atoms with Crippen molar-refractivity contribution in [1.82, 2.24) is 4.98 Å². The van der Waals surface area contributed by atoms with Crippen LogP contribution in [0.25, 0.3) is 16.3 Å². The predicted molar refractivity (Wildman–Crippen MR) is 62.5 cm³/mol. The van der Waals surface area contributed by atoms with Crippen molar-refractivity contribution in [1.29, 1.82) is 0 Å². The molecular formula is C10H9NS2. The van der Waals surface area contributed by atoms with Gasteiger partial charge in [-0.15, -0.1) is 11.3 Å². The SMILES string of the molecule is SCC=Cc1ccc2scnc2c1. The number of benzene rings is 1. The molecule has 2 aromatic rings. The molecular weight excluding hydrogens is 198 g/mol. The third-order valence-corrected chi connectivity index (χ3v) is 2.79. The summed E-state index contributed by atoms with van der Waals surface area (Å²) in [5.41, 5.74) is 4.13. The quantitative estimate of drug-likeness (QED) is 0.746. The fourth-order valence-corrected chi connectivity index (χ4v) is 1.93. The zero-order chi connectivity index (χ0) is 9.10. The molecule has 0 amide bonds. The predicted octanol–water partition coefficient (Wildman–Crippen LogP) is 3.24. The van der Waals surface area contributed by atoms with Crippen LogP contribution in [0.1, 0.15) is 5.56 Å². The van der Waals surface area contributed by atoms with Crippen molar-refractivity contribution in [3.05, 3.63) is 35.3 Å². The van der Waals surface area contributed by atoms with Gasteiger partial charge in [0.05, 0.1) is 15.7 Å². The van der Waals surface area contributed by atoms with E-state index in [0.717, 1.165) is 11.3 Å². The van der Waals surface area contributed by atoms with Crippen molar-refractivity contribution in [2.75, 3.05) is 5.75 Å². The highest BCUT2D eigenvalue weighted by Crippen LogP contribution is 2.19. The van der Waals surface area contributed by atoms with Gasteiger partial charge in [0.2, 0.25) is 0 Å². The molecule has 0 radical (unpaired) electrons. The molecule has 3 heteroatoms. The van der Waals surface area contributed by atoms with E-state index in [4.69, 9.17) is 0 Å². The number of hydrogen-bond donors (Lipinski definition) is 1. The Morgan fingerprint density at radius 2 is 2.38 bits per heavy atom. The highest BCUT2D eigenvalue weighted by molar-refractivity contribution is 7.80. The summed E-state index contributed by atoms with van der Waals surface area (Å²) in [4.78, 5) is 4.25. The Labute approximate surface area is 86.5 Å². The van der Waals surface area contributed by atoms with Crippen LogP contribution in [0.4, 0.5) is 0 Å². The van der Waals surface area contributed by atoms with Crippen molar-refractivity contribution >= 4 is 40.3 Å². The number of thiol groups is 1. The van der Waals surface area contributed by atoms with Gasteiger partial charge in [0.25, 0.3) is 0 Å². The third-order valence-electron chi connectivity index (χ3n) is 1.77. The zero-order valence-corrected chi connectivity index (χ0v) is 8.68. The maximum absolute atomic E-state index is 4.25. The lowest BCUT2D eigenvalue weighted by Crippen LogP contribution is -1.72. The summed E-state index contributed by atoms with van der Waals surface area (Å²) in [6.45, 7) is 0. The molecule has 0 atom stereocenters. The van der Waals surface area contributed by atoms with E-state index in [1.54, 1.807) is 11.3 Å². The number of thiazole rings is 1. The maximum Gasteiger partial charge on any atom is 0.0817 e. The van der Waals surface area contributed by atoms with Crippen molar-refractivity contribution < 1.29 is 0 Å². The smallest absolute Gasteiger partial charge is 0.0817 e. The molecule has 0 aliphatic rings. The number of aromatic nitrogens is 1. The summed E-state index contributed by atoms with van der Waals surface area (Å²) in [5.74, 6) is 0.773. The monoisotopic (exact) mass is 207 g/mol. The molecule has 1 aromatic carbocycles. The molecule has 0 aliphatic heterocycles. The molecule has 1 nitrogen and oxygen atoms in total. The standard InChI is InChI=1S/C10H9NS2/c12-5-1-2-8-3-4-10-9(6-8)11-7-13-10/h1-4,6-7,12H,5H2. The van der Waals surface area contributed by atoms with E-state index in [9.17, 15) is 0 Å². The van der Waals surface area contributed by atoms with Crippen LogP contribution in [0.5, 0.6) is 0 Å². The lowest BCUT2D eigenvalue weighted by atomic mass is 10.2. The molecule has 0 bridgehead atoms. The van der Waals surface area contributed by atoms with Crippen molar-refractivity contribution in [2.45, 2.75) is 0 Å². The zero-order valence-electron chi connectivity index (χ0n) is 6.97. The van der Waals surface area contributed by atoms with Gasteiger partial charge in [0, 0.05) is 5.75 Å². The lowest BCUT2D eigenvalue weighted by Gasteiger charge is -1.92. The molecule has 0 saturated heterocycles. The second-order valence-corrected chi connectivity index (χ2v) is 3.92. The van der Waals surface area contributed by atoms with Gasteiger partial charge in [-0.3, -0.25) is 0 Å². The Bertz CT molecular complexity index is 431. The highest BCUT2D eigenvalue weighted by Gasteiger charge is 1.95. The molecule has 0 saturated carbocycles. The first-order valence-electron chi connectivity index (χ1n) is 4.01. The van der Waals surface area contributed by atoms with E-state index in [2.05, 4.69) is 41.9 Å². The summed E-state index contributed by atoms with van der Waals surface area (Å²) in [6.07, 6.45) is 4.09. The van der Waals surface area contributed by atoms with Crippen molar-refractivity contribution in [2.24, 2.45) is 0 Å². The summed E-state index contributed by atoms with van der Waals surface area (Å²) in [6, 6.07) is 6.29. The topological polar surface area (TPSA) is 12.9 Å². The first-order valence-corrected chi connectivity index (χ1v) is 5.52. The van der Waals surface area contributed by atoms with Crippen molar-refractivity contribution in [3.63, 3.8) is 0 Å². The third kappa shape index (κ3) is 1.92. The van der Waals surface area contributed by atoms with Crippen LogP contribution in [0.2, 0.25) is 0 Å². The van der Waals surface area contributed by atoms with E-state index >= 15 is 0 Å². The maximum atomic E-state index is 4.25. The van der Waals surface area contributed by atoms with Gasteiger partial charge in [0.15, 0.2) is 0 Å². The highest BCUT2D eigenvalue weighted by atomic mass is 32.1. The average Bonchev–Trinajstić information content (AvgIpc) is 2.61. The second kappa shape index (κ2) is 3.94. The van der Waals surface area contributed by atoms with Crippen LogP contribution < -0.4 is 0 Å². The molecule has 0 spiro atoms. The number of fused-ring (bicyclic) bond motifs is 1. The normalized spacial score (nSPS) is 11.5. The fraction of sp³-hybridized carbons (Fsp3) is 0.100. The lowest BCUT2D eigenvalue weighted by molar-refractivity contribution is 1.49. The minimum atomic E-state index is 0.773. The minimum absolute atomic E-state index is 0.773. The molecule has 13 heavy (non-hydrogen) atoms. The van der Waals surface area contributed by atoms with E-state index in [1.165, 1.54) is 10.3 Å². The number of rotatable bonds is 2. The Kier molecular flexibility index (Phi) is 2.66. The van der Waals surface area contributed by atoms with Gasteiger partial charge >= 0.3 is 0 Å². The van der Waals surface area contributed by atoms with Crippen LogP contribution in [-0.4, -0.2) is 10.7 Å². The van der Waals surface area contributed by atoms with Crippen LogP contribution >= 0.6 is 24.0 Å². The minimum Gasteiger partial charge on any atom is -0.245 e. The molecule has 1 aromatic heterocycles. The van der Waals surface area contributed by atoms with Crippen LogP contribution in [-0.2, 0) is 0 Å². The first-order chi connectivity index (χ1) is 6.40. The van der Waals surface area contributed by atoms with Gasteiger partial charge in [-0.1, -0.05) is 18.2 Å². The van der Waals surface area contributed by atoms with Gasteiger partial charge in [-0.2, -0.15) is 12.6 Å². The Hall–Kier alpha value is -0.800. The van der Waals surface area contributed by atoms with Gasteiger partial charge in [-0.25, -0.2) is 4.98 Å². The number of hydrogen-bond acceptors (Lipinski definition) is 3. The van der Waals surface area contributed by atoms with E-state index in [1.807, 2.05) is 11.6 Å². The second-order valence-electron chi connectivity index (χ2n) is 2.66. The summed E-state index contributed by atoms with van der Waals surface area (Å²) in [7, 11) is 0. The van der Waals surface area contributed by atoms with E-state index in [-0.39, 0.29) is 0 Å². The van der Waals surface area contributed by atoms with Crippen LogP contribution in [0, 0.1) is 0 Å². The van der Waals surface area contributed by atoms with E-state index in [0.29, 0.717) is 0 Å². The van der Waals surface area contributed by atoms with Gasteiger partial charge in [0.1, 0.15) is 0 Å². The number of nitrogens with zero attached hydrogens (tertiary/aromatic N) is 1. The molecule has 0 fully saturated rings. The van der Waals surface area contributed by atoms with Crippen molar-refractivity contribution in [3.8, 4) is 0 Å². The van der Waals surface area contributed by atoms with Crippen LogP contribution in [0.3, 0.4) is 0 Å². The molecule has 2 rings (SSSR count). The summed E-state index contributed by atoms with van der Waals surface area (Å²) < 4.78 is 1.24. The molecule has 0 unspecified atom stereocenters. The van der Waals surface area contributed by atoms with Gasteiger partial charge in [-0.05, 0) is 17.7 Å². The molecule has 0 N–H and O–H groups in total. The Morgan fingerprint density at radius 3 is 3.23 bits per heavy atom. The Balaban J connectivity index is 2.42. The fourth-order valence-electron chi connectivity index (χ4n) is 1.17. The summed E-state index contributed by atoms with van der Waals surface area (Å²) >= 11 is 5.78. The molecule has 66 valence electrons. The Morgan fingerprint density at radius 1 is 1.46 bits per heavy atom. The molecule has 0 aliphatic carbocycles. The van der Waals surface area contributed by atoms with E-state index < -0.39 is 0 Å². The van der Waals surface area contributed by atoms with Crippen LogP contribution in [0.15, 0.2) is 29.8 Å².